The monoisotopic (exact) mass is 423 g/mol. The van der Waals surface area contributed by atoms with Crippen LogP contribution in [0, 0.1) is 0 Å². The second-order valence-electron chi connectivity index (χ2n) is 8.84. The van der Waals surface area contributed by atoms with Gasteiger partial charge in [-0.1, -0.05) is 24.3 Å². The molecular formula is C23H27N4O4+. The van der Waals surface area contributed by atoms with Crippen LogP contribution in [0.15, 0.2) is 58.1 Å². The van der Waals surface area contributed by atoms with Crippen LogP contribution in [0.2, 0.25) is 0 Å². The topological polar surface area (TPSA) is 93.3 Å². The number of rotatable bonds is 4. The number of piperidine rings is 1. The third-order valence-corrected chi connectivity index (χ3v) is 6.11. The molecule has 0 aliphatic carbocycles. The molecule has 0 radical (unpaired) electrons. The molecule has 1 fully saturated rings. The molecule has 0 spiro atoms. The van der Waals surface area contributed by atoms with Gasteiger partial charge in [-0.2, -0.15) is 0 Å². The van der Waals surface area contributed by atoms with Crippen molar-refractivity contribution >= 4 is 16.8 Å². The third-order valence-electron chi connectivity index (χ3n) is 6.11. The van der Waals surface area contributed by atoms with Gasteiger partial charge < -0.3 is 4.48 Å². The van der Waals surface area contributed by atoms with Crippen molar-refractivity contribution in [1.29, 1.82) is 0 Å². The number of hydrogen-bond acceptors (Lipinski definition) is 4. The first-order valence-electron chi connectivity index (χ1n) is 10.4. The van der Waals surface area contributed by atoms with E-state index in [1.165, 1.54) is 4.57 Å². The van der Waals surface area contributed by atoms with Gasteiger partial charge in [0.25, 0.3) is 11.5 Å². The molecule has 3 aromatic rings. The summed E-state index contributed by atoms with van der Waals surface area (Å²) in [7, 11) is 4.25. The van der Waals surface area contributed by atoms with Crippen LogP contribution in [0.25, 0.3) is 10.9 Å². The van der Waals surface area contributed by atoms with E-state index in [1.54, 1.807) is 46.4 Å². The van der Waals surface area contributed by atoms with Gasteiger partial charge in [0.15, 0.2) is 0 Å². The minimum absolute atomic E-state index is 0.143. The number of amides is 1. The molecule has 31 heavy (non-hydrogen) atoms. The van der Waals surface area contributed by atoms with Gasteiger partial charge in [-0.25, -0.2) is 10.3 Å². The Balaban J connectivity index is 1.82. The standard InChI is InChI=1S/C23H26N4O4/c1-27(2)13-5-6-18(15-27)26-22(29)19-7-3-4-8-20(19)25(23(26)30)14-16-9-11-17(12-10-16)21(28)24-31/h3-4,7-12,18H,5-6,13-15H2,1-2H3,(H-,24,28,31)/p+1. The normalized spacial score (nSPS) is 18.1. The highest BCUT2D eigenvalue weighted by Gasteiger charge is 2.31. The zero-order valence-corrected chi connectivity index (χ0v) is 17.7. The Morgan fingerprint density at radius 3 is 2.52 bits per heavy atom. The van der Waals surface area contributed by atoms with Crippen molar-refractivity contribution in [3.63, 3.8) is 0 Å². The molecule has 2 N–H and O–H groups in total. The van der Waals surface area contributed by atoms with E-state index in [2.05, 4.69) is 14.1 Å². The zero-order valence-electron chi connectivity index (χ0n) is 17.7. The number of nitrogens with zero attached hydrogens (tertiary/aromatic N) is 3. The minimum Gasteiger partial charge on any atom is -0.327 e. The number of benzene rings is 2. The molecule has 1 aromatic heterocycles. The van der Waals surface area contributed by atoms with Crippen molar-refractivity contribution in [2.75, 3.05) is 27.2 Å². The lowest BCUT2D eigenvalue weighted by atomic mass is 10.0. The number of likely N-dealkylation sites (tertiary alicyclic amines) is 1. The van der Waals surface area contributed by atoms with Crippen LogP contribution in [0.1, 0.15) is 34.8 Å². The maximum absolute atomic E-state index is 13.6. The zero-order chi connectivity index (χ0) is 22.2. The predicted octanol–water partition coefficient (Wildman–Crippen LogP) is 1.74. The lowest BCUT2D eigenvalue weighted by molar-refractivity contribution is -0.897. The van der Waals surface area contributed by atoms with Gasteiger partial charge in [-0.3, -0.25) is 23.9 Å². The van der Waals surface area contributed by atoms with Gasteiger partial charge in [-0.15, -0.1) is 0 Å². The Hall–Kier alpha value is -3.23. The second-order valence-corrected chi connectivity index (χ2v) is 8.84. The molecule has 1 aliphatic heterocycles. The third kappa shape index (κ3) is 4.04. The number of hydroxylamine groups is 1. The van der Waals surface area contributed by atoms with E-state index in [0.29, 0.717) is 16.5 Å². The fourth-order valence-electron chi connectivity index (χ4n) is 4.54. The average Bonchev–Trinajstić information content (AvgIpc) is 2.76. The summed E-state index contributed by atoms with van der Waals surface area (Å²) < 4.78 is 3.85. The van der Waals surface area contributed by atoms with Crippen molar-refractivity contribution in [2.24, 2.45) is 0 Å². The maximum Gasteiger partial charge on any atom is 0.332 e. The Kier molecular flexibility index (Phi) is 5.51. The fourth-order valence-corrected chi connectivity index (χ4v) is 4.54. The molecule has 8 heteroatoms. The van der Waals surface area contributed by atoms with Gasteiger partial charge in [-0.05, 0) is 42.7 Å². The minimum atomic E-state index is -0.597. The molecule has 1 unspecified atom stereocenters. The van der Waals surface area contributed by atoms with Crippen molar-refractivity contribution in [2.45, 2.75) is 25.4 Å². The lowest BCUT2D eigenvalue weighted by Crippen LogP contribution is -2.53. The Labute approximate surface area is 179 Å². The number of likely N-dealkylation sites (N-methyl/N-ethyl adjacent to an activating group) is 1. The Bertz CT molecular complexity index is 1240. The molecular weight excluding hydrogens is 396 g/mol. The number of aromatic nitrogens is 2. The number of fused-ring (bicyclic) bond motifs is 1. The lowest BCUT2D eigenvalue weighted by Gasteiger charge is -2.38. The van der Waals surface area contributed by atoms with E-state index in [4.69, 9.17) is 5.21 Å². The first-order chi connectivity index (χ1) is 14.8. The van der Waals surface area contributed by atoms with Crippen LogP contribution in [0.4, 0.5) is 0 Å². The molecule has 1 saturated heterocycles. The van der Waals surface area contributed by atoms with E-state index < -0.39 is 5.91 Å². The molecule has 1 amide bonds. The van der Waals surface area contributed by atoms with Crippen LogP contribution in [-0.4, -0.2) is 51.9 Å². The van der Waals surface area contributed by atoms with Gasteiger partial charge in [0.05, 0.1) is 50.7 Å². The van der Waals surface area contributed by atoms with Gasteiger partial charge in [0.1, 0.15) is 0 Å². The van der Waals surface area contributed by atoms with Crippen molar-refractivity contribution < 1.29 is 14.5 Å². The van der Waals surface area contributed by atoms with Crippen molar-refractivity contribution in [3.05, 3.63) is 80.5 Å². The Morgan fingerprint density at radius 1 is 1.13 bits per heavy atom. The smallest absolute Gasteiger partial charge is 0.327 e. The number of quaternary nitrogens is 1. The summed E-state index contributed by atoms with van der Waals surface area (Å²) in [6, 6.07) is 13.7. The summed E-state index contributed by atoms with van der Waals surface area (Å²) in [5, 5.41) is 9.31. The summed E-state index contributed by atoms with van der Waals surface area (Å²) in [5.74, 6) is -0.597. The van der Waals surface area contributed by atoms with E-state index in [0.717, 1.165) is 36.0 Å². The fraction of sp³-hybridized carbons (Fsp3) is 0.348. The summed E-state index contributed by atoms with van der Waals surface area (Å²) in [6.45, 7) is 2.03. The molecule has 0 bridgehead atoms. The SMILES string of the molecule is C[N+]1(C)CCCC(n2c(=O)c3ccccc3n(Cc3ccc(C(=O)NO)cc3)c2=O)C1. The van der Waals surface area contributed by atoms with E-state index >= 15 is 0 Å². The summed E-state index contributed by atoms with van der Waals surface area (Å²) in [6.07, 6.45) is 1.77. The summed E-state index contributed by atoms with van der Waals surface area (Å²) >= 11 is 0. The summed E-state index contributed by atoms with van der Waals surface area (Å²) in [4.78, 5) is 38.4. The van der Waals surface area contributed by atoms with Crippen molar-refractivity contribution in [1.82, 2.24) is 14.6 Å². The number of carbonyl (C=O) groups is 1. The molecule has 2 aromatic carbocycles. The van der Waals surface area contributed by atoms with E-state index in [-0.39, 0.29) is 23.8 Å². The van der Waals surface area contributed by atoms with Crippen LogP contribution < -0.4 is 16.7 Å². The number of para-hydroxylation sites is 1. The highest BCUT2D eigenvalue weighted by molar-refractivity contribution is 5.93. The van der Waals surface area contributed by atoms with Crippen LogP contribution in [0.5, 0.6) is 0 Å². The average molecular weight is 423 g/mol. The van der Waals surface area contributed by atoms with E-state index in [1.807, 2.05) is 12.1 Å². The maximum atomic E-state index is 13.6. The molecule has 1 atom stereocenters. The first kappa shape index (κ1) is 21.0. The second kappa shape index (κ2) is 8.13. The highest BCUT2D eigenvalue weighted by atomic mass is 16.5. The summed E-state index contributed by atoms with van der Waals surface area (Å²) in [5.41, 5.74) is 2.78. The Morgan fingerprint density at radius 2 is 1.84 bits per heavy atom. The number of nitrogens with one attached hydrogen (secondary N) is 1. The molecule has 4 rings (SSSR count). The van der Waals surface area contributed by atoms with Gasteiger partial charge >= 0.3 is 5.69 Å². The molecule has 1 aliphatic rings. The number of hydrogen-bond donors (Lipinski definition) is 2. The molecule has 2 heterocycles. The molecule has 8 nitrogen and oxygen atoms in total. The predicted molar refractivity (Wildman–Crippen MR) is 117 cm³/mol. The van der Waals surface area contributed by atoms with Crippen LogP contribution >= 0.6 is 0 Å². The molecule has 162 valence electrons. The quantitative estimate of drug-likeness (QED) is 0.380. The van der Waals surface area contributed by atoms with Crippen molar-refractivity contribution in [3.8, 4) is 0 Å². The van der Waals surface area contributed by atoms with Gasteiger partial charge in [0, 0.05) is 5.56 Å². The van der Waals surface area contributed by atoms with Crippen LogP contribution in [0.3, 0.4) is 0 Å². The van der Waals surface area contributed by atoms with Crippen LogP contribution in [-0.2, 0) is 6.54 Å². The van der Waals surface area contributed by atoms with E-state index in [9.17, 15) is 14.4 Å². The highest BCUT2D eigenvalue weighted by Crippen LogP contribution is 2.23. The largest absolute Gasteiger partial charge is 0.332 e. The number of carbonyl (C=O) groups excluding carboxylic acids is 1. The van der Waals surface area contributed by atoms with Gasteiger partial charge in [0.2, 0.25) is 0 Å². The molecule has 0 saturated carbocycles. The first-order valence-corrected chi connectivity index (χ1v) is 10.4.